The Hall–Kier alpha value is -3.76. The fraction of sp³-hybridized carbons (Fsp3) is 0.0909. The van der Waals surface area contributed by atoms with Crippen LogP contribution in [0.3, 0.4) is 0 Å². The number of pyridine rings is 1. The number of aryl methyl sites for hydroxylation is 1. The van der Waals surface area contributed by atoms with Crippen LogP contribution in [-0.2, 0) is 4.79 Å². The van der Waals surface area contributed by atoms with Crippen LogP contribution in [0, 0.1) is 29.6 Å². The predicted octanol–water partition coefficient (Wildman–Crippen LogP) is 4.56. The number of benzene rings is 2. The van der Waals surface area contributed by atoms with E-state index in [2.05, 4.69) is 10.3 Å². The first-order chi connectivity index (χ1) is 15.4. The molecule has 0 saturated carbocycles. The van der Waals surface area contributed by atoms with Crippen LogP contribution in [0.25, 0.3) is 0 Å². The first kappa shape index (κ1) is 22.9. The Labute approximate surface area is 193 Å². The number of ether oxygens (including phenoxy) is 2. The van der Waals surface area contributed by atoms with Gasteiger partial charge in [0.05, 0.1) is 34.6 Å². The molecule has 0 aliphatic heterocycles. The number of hydrogen-bond acceptors (Lipinski definition) is 8. The Morgan fingerprint density at radius 2 is 1.91 bits per heavy atom. The molecule has 10 heteroatoms. The second-order valence-corrected chi connectivity index (χ2v) is 7.49. The molecular weight excluding hydrogens is 450 g/mol. The normalized spacial score (nSPS) is 10.0. The summed E-state index contributed by atoms with van der Waals surface area (Å²) in [5, 5.41) is 27.5. The Morgan fingerprint density at radius 1 is 1.12 bits per heavy atom. The van der Waals surface area contributed by atoms with Gasteiger partial charge in [-0.05, 0) is 61.3 Å². The number of carbonyl (C=O) groups is 1. The molecule has 0 fully saturated rings. The summed E-state index contributed by atoms with van der Waals surface area (Å²) in [6.07, 6.45) is 0. The molecule has 0 radical (unpaired) electrons. The maximum atomic E-state index is 12.4. The SMILES string of the molecule is Cc1nc(SN)ccc1NC(=O)COc1ccc(C#N)cc1Oc1cc(Cl)cc(C#N)c1. The number of aromatic nitrogens is 1. The molecule has 0 bridgehead atoms. The van der Waals surface area contributed by atoms with Crippen molar-refractivity contribution in [1.82, 2.24) is 4.98 Å². The van der Waals surface area contributed by atoms with Gasteiger partial charge >= 0.3 is 0 Å². The fourth-order valence-electron chi connectivity index (χ4n) is 2.66. The molecule has 8 nitrogen and oxygen atoms in total. The van der Waals surface area contributed by atoms with Crippen molar-refractivity contribution in [3.8, 4) is 29.4 Å². The second kappa shape index (κ2) is 10.5. The van der Waals surface area contributed by atoms with Crippen LogP contribution in [0.5, 0.6) is 17.2 Å². The molecule has 0 aliphatic rings. The zero-order chi connectivity index (χ0) is 23.1. The van der Waals surface area contributed by atoms with E-state index in [0.29, 0.717) is 32.6 Å². The summed E-state index contributed by atoms with van der Waals surface area (Å²) in [7, 11) is 0. The van der Waals surface area contributed by atoms with E-state index in [4.69, 9.17) is 31.5 Å². The van der Waals surface area contributed by atoms with Gasteiger partial charge in [-0.25, -0.2) is 4.98 Å². The van der Waals surface area contributed by atoms with Crippen LogP contribution < -0.4 is 19.9 Å². The number of rotatable bonds is 7. The van der Waals surface area contributed by atoms with Crippen molar-refractivity contribution in [2.45, 2.75) is 11.9 Å². The molecule has 0 unspecified atom stereocenters. The molecule has 3 rings (SSSR count). The molecule has 1 heterocycles. The minimum Gasteiger partial charge on any atom is -0.480 e. The third-order valence-electron chi connectivity index (χ3n) is 4.11. The number of nitrogens with one attached hydrogen (secondary N) is 1. The summed E-state index contributed by atoms with van der Waals surface area (Å²) in [6, 6.07) is 16.5. The maximum absolute atomic E-state index is 12.4. The van der Waals surface area contributed by atoms with E-state index in [9.17, 15) is 10.1 Å². The van der Waals surface area contributed by atoms with Gasteiger partial charge in [0.25, 0.3) is 5.91 Å². The van der Waals surface area contributed by atoms with Crippen LogP contribution in [0.4, 0.5) is 5.69 Å². The van der Waals surface area contributed by atoms with Crippen LogP contribution in [0.2, 0.25) is 5.02 Å². The molecule has 32 heavy (non-hydrogen) atoms. The molecule has 0 atom stereocenters. The Balaban J connectivity index is 1.75. The Morgan fingerprint density at radius 3 is 2.59 bits per heavy atom. The van der Waals surface area contributed by atoms with E-state index in [0.717, 1.165) is 11.9 Å². The summed E-state index contributed by atoms with van der Waals surface area (Å²) in [4.78, 5) is 16.6. The lowest BCUT2D eigenvalue weighted by Gasteiger charge is -2.14. The highest BCUT2D eigenvalue weighted by Gasteiger charge is 2.13. The molecule has 0 saturated heterocycles. The lowest BCUT2D eigenvalue weighted by atomic mass is 10.2. The number of nitrogens with zero attached hydrogens (tertiary/aromatic N) is 3. The standard InChI is InChI=1S/C22H16ClN5O3S/c1-13-18(3-5-22(27-13)32-26)28-21(29)12-30-19-4-2-14(10-24)8-20(19)31-17-7-15(11-25)6-16(23)9-17/h2-9H,12,26H2,1H3,(H,28,29). The van der Waals surface area contributed by atoms with E-state index in [1.807, 2.05) is 12.1 Å². The van der Waals surface area contributed by atoms with Crippen molar-refractivity contribution in [3.63, 3.8) is 0 Å². The summed E-state index contributed by atoms with van der Waals surface area (Å²) < 4.78 is 11.4. The van der Waals surface area contributed by atoms with Gasteiger partial charge in [-0.2, -0.15) is 10.5 Å². The number of nitrogens with two attached hydrogens (primary N) is 1. The summed E-state index contributed by atoms with van der Waals surface area (Å²) in [5.74, 6) is 0.318. The quantitative estimate of drug-likeness (QED) is 0.485. The highest BCUT2D eigenvalue weighted by Crippen LogP contribution is 2.34. The molecule has 3 N–H and O–H groups in total. The monoisotopic (exact) mass is 465 g/mol. The van der Waals surface area contributed by atoms with Gasteiger partial charge in [0, 0.05) is 11.1 Å². The highest BCUT2D eigenvalue weighted by atomic mass is 35.5. The first-order valence-corrected chi connectivity index (χ1v) is 10.4. The molecule has 0 aliphatic carbocycles. The van der Waals surface area contributed by atoms with Gasteiger partial charge in [-0.3, -0.25) is 9.93 Å². The van der Waals surface area contributed by atoms with Crippen LogP contribution in [0.1, 0.15) is 16.8 Å². The van der Waals surface area contributed by atoms with Crippen molar-refractivity contribution >= 4 is 35.1 Å². The summed E-state index contributed by atoms with van der Waals surface area (Å²) in [5.41, 5.74) is 1.80. The molecule has 3 aromatic rings. The number of amides is 1. The minimum absolute atomic E-state index is 0.199. The lowest BCUT2D eigenvalue weighted by molar-refractivity contribution is -0.118. The Kier molecular flexibility index (Phi) is 7.53. The van der Waals surface area contributed by atoms with E-state index in [-0.39, 0.29) is 23.9 Å². The summed E-state index contributed by atoms with van der Waals surface area (Å²) in [6.45, 7) is 1.44. The van der Waals surface area contributed by atoms with Crippen LogP contribution in [0.15, 0.2) is 53.6 Å². The number of halogens is 1. The van der Waals surface area contributed by atoms with Crippen molar-refractivity contribution in [2.75, 3.05) is 11.9 Å². The topological polar surface area (TPSA) is 134 Å². The maximum Gasteiger partial charge on any atom is 0.262 e. The van der Waals surface area contributed by atoms with E-state index < -0.39 is 5.91 Å². The fourth-order valence-corrected chi connectivity index (χ4v) is 3.22. The van der Waals surface area contributed by atoms with Crippen LogP contribution in [-0.4, -0.2) is 17.5 Å². The van der Waals surface area contributed by atoms with Crippen LogP contribution >= 0.6 is 23.5 Å². The van der Waals surface area contributed by atoms with E-state index in [1.54, 1.807) is 19.1 Å². The van der Waals surface area contributed by atoms with Gasteiger partial charge < -0.3 is 14.8 Å². The lowest BCUT2D eigenvalue weighted by Crippen LogP contribution is -2.21. The molecule has 0 spiro atoms. The highest BCUT2D eigenvalue weighted by molar-refractivity contribution is 7.97. The third kappa shape index (κ3) is 5.90. The van der Waals surface area contributed by atoms with Crippen molar-refractivity contribution in [2.24, 2.45) is 5.14 Å². The van der Waals surface area contributed by atoms with E-state index in [1.165, 1.54) is 36.4 Å². The zero-order valence-corrected chi connectivity index (χ0v) is 18.3. The number of anilines is 1. The number of nitriles is 2. The van der Waals surface area contributed by atoms with Gasteiger partial charge in [-0.1, -0.05) is 11.6 Å². The Bertz CT molecular complexity index is 1250. The molecule has 1 amide bonds. The van der Waals surface area contributed by atoms with Gasteiger partial charge in [-0.15, -0.1) is 0 Å². The average molecular weight is 466 g/mol. The average Bonchev–Trinajstić information content (AvgIpc) is 2.79. The van der Waals surface area contributed by atoms with Gasteiger partial charge in [0.2, 0.25) is 0 Å². The number of hydrogen-bond donors (Lipinski definition) is 2. The molecule has 2 aromatic carbocycles. The third-order valence-corrected chi connectivity index (χ3v) is 4.80. The van der Waals surface area contributed by atoms with E-state index >= 15 is 0 Å². The van der Waals surface area contributed by atoms with Gasteiger partial charge in [0.15, 0.2) is 18.1 Å². The molecule has 160 valence electrons. The minimum atomic E-state index is -0.409. The predicted molar refractivity (Wildman–Crippen MR) is 121 cm³/mol. The largest absolute Gasteiger partial charge is 0.480 e. The summed E-state index contributed by atoms with van der Waals surface area (Å²) >= 11 is 7.04. The number of carbonyl (C=O) groups excluding carboxylic acids is 1. The van der Waals surface area contributed by atoms with Crippen molar-refractivity contribution < 1.29 is 14.3 Å². The smallest absolute Gasteiger partial charge is 0.262 e. The van der Waals surface area contributed by atoms with Crippen molar-refractivity contribution in [1.29, 1.82) is 10.5 Å². The first-order valence-electron chi connectivity index (χ1n) is 9.11. The van der Waals surface area contributed by atoms with Crippen molar-refractivity contribution in [3.05, 3.63) is 70.4 Å². The molecular formula is C22H16ClN5O3S. The second-order valence-electron chi connectivity index (χ2n) is 6.40. The molecule has 1 aromatic heterocycles. The zero-order valence-electron chi connectivity index (χ0n) is 16.8. The van der Waals surface area contributed by atoms with Gasteiger partial charge in [0.1, 0.15) is 10.8 Å².